The number of halogens is 1. The molecule has 19 nitrogen and oxygen atoms in total. The first-order valence-corrected chi connectivity index (χ1v) is 20.3. The number of alkyl carbamates (subject to hydrolysis) is 2. The molecule has 0 bridgehead atoms. The average Bonchev–Trinajstić information content (AvgIpc) is 3.97. The molecule has 4 aromatic heterocycles. The van der Waals surface area contributed by atoms with Crippen LogP contribution in [0, 0.1) is 0 Å². The van der Waals surface area contributed by atoms with E-state index in [0.29, 0.717) is 36.4 Å². The number of fused-ring (bicyclic) bond motifs is 2. The van der Waals surface area contributed by atoms with Crippen LogP contribution in [-0.4, -0.2) is 95.6 Å². The van der Waals surface area contributed by atoms with Crippen molar-refractivity contribution in [3.8, 4) is 0 Å². The molecular formula is C42H44ClLiN6O13S2. The van der Waals surface area contributed by atoms with Crippen molar-refractivity contribution in [2.45, 2.75) is 38.5 Å². The standard InChI is InChI=1S/C21H21N3O6S.C12H16N2O4.C9H7NO3S.ClH.Li/c1-29-20(27)16(24-21(28)30-12-13-5-3-2-4-6-13)10-23-19(26)17-9-15-18(31-17)14(11-25)7-8-22-15;1-17-11(15)10(7-13)14-12(16)18-8-9-5-3-2-4-6-9;11-4-5-1-2-10-6-3-7(9(12)13)14-8(5)6;;/h2-9,16,25H,10-12H2,1H3,(H,23,26)(H,24,28);2-6,10H,7-8,13H2,1H3,(H,14,16);1-3,11H,4H2,(H,12,13);1H;/q;;;;+1/p-1/t16-;10-;;;/m11.../s1. The largest absolute Gasteiger partial charge is 1.00 e. The molecule has 0 saturated carbocycles. The van der Waals surface area contributed by atoms with Crippen LogP contribution in [0.4, 0.5) is 9.59 Å². The molecule has 7 N–H and O–H groups in total. The first kappa shape index (κ1) is 55.0. The molecule has 0 aliphatic heterocycles. The van der Waals surface area contributed by atoms with Crippen LogP contribution in [0.2, 0.25) is 0 Å². The van der Waals surface area contributed by atoms with Gasteiger partial charge in [0, 0.05) is 25.5 Å². The second-order valence-electron chi connectivity index (χ2n) is 12.7. The zero-order valence-electron chi connectivity index (χ0n) is 35.2. The van der Waals surface area contributed by atoms with Gasteiger partial charge in [0.2, 0.25) is 0 Å². The van der Waals surface area contributed by atoms with E-state index >= 15 is 0 Å². The number of nitrogens with two attached hydrogens (primary N) is 1. The predicted molar refractivity (Wildman–Crippen MR) is 235 cm³/mol. The Labute approximate surface area is 398 Å². The van der Waals surface area contributed by atoms with Crippen LogP contribution in [0.15, 0.2) is 97.3 Å². The van der Waals surface area contributed by atoms with E-state index in [1.165, 1.54) is 31.6 Å². The van der Waals surface area contributed by atoms with Gasteiger partial charge in [0.15, 0.2) is 0 Å². The predicted octanol–water partition coefficient (Wildman–Crippen LogP) is -0.0226. The van der Waals surface area contributed by atoms with Gasteiger partial charge in [-0.2, -0.15) is 0 Å². The number of aliphatic hydroxyl groups excluding tert-OH is 2. The van der Waals surface area contributed by atoms with Crippen molar-refractivity contribution in [1.29, 1.82) is 0 Å². The van der Waals surface area contributed by atoms with Crippen molar-refractivity contribution in [2.24, 2.45) is 5.73 Å². The zero-order chi connectivity index (χ0) is 45.7. The molecule has 0 spiro atoms. The number of hydrogen-bond donors (Lipinski definition) is 6. The molecule has 3 amide bonds. The van der Waals surface area contributed by atoms with Gasteiger partial charge in [0.05, 0.1) is 63.6 Å². The fourth-order valence-electron chi connectivity index (χ4n) is 5.23. The molecule has 0 fully saturated rings. The van der Waals surface area contributed by atoms with E-state index in [1.807, 2.05) is 48.5 Å². The van der Waals surface area contributed by atoms with Gasteiger partial charge in [-0.15, -0.1) is 35.1 Å². The van der Waals surface area contributed by atoms with E-state index in [9.17, 15) is 39.0 Å². The number of thiophene rings is 2. The topological polar surface area (TPSA) is 291 Å². The Kier molecular flexibility index (Phi) is 24.2. The van der Waals surface area contributed by atoms with Crippen LogP contribution in [0.25, 0.3) is 20.4 Å². The van der Waals surface area contributed by atoms with Gasteiger partial charge in [-0.25, -0.2) is 19.2 Å². The van der Waals surface area contributed by atoms with Crippen molar-refractivity contribution >= 4 is 91.5 Å². The van der Waals surface area contributed by atoms with Crippen molar-refractivity contribution in [2.75, 3.05) is 27.3 Å². The van der Waals surface area contributed by atoms with E-state index in [2.05, 4.69) is 30.7 Å². The smallest absolute Gasteiger partial charge is 0.544 e. The summed E-state index contributed by atoms with van der Waals surface area (Å²) in [6, 6.07) is 22.7. The Morgan fingerprint density at radius 1 is 0.692 bits per heavy atom. The van der Waals surface area contributed by atoms with E-state index in [4.69, 9.17) is 25.1 Å². The number of hydrogen-bond acceptors (Lipinski definition) is 18. The molecule has 0 unspecified atom stereocenters. The summed E-state index contributed by atoms with van der Waals surface area (Å²) < 4.78 is 20.6. The molecule has 4 heterocycles. The van der Waals surface area contributed by atoms with Crippen LogP contribution >= 0.6 is 35.1 Å². The number of nitrogens with one attached hydrogen (secondary N) is 3. The van der Waals surface area contributed by atoms with Gasteiger partial charge in [0.1, 0.15) is 25.3 Å². The number of methoxy groups -OCH3 is 2. The van der Waals surface area contributed by atoms with E-state index < -0.39 is 48.1 Å². The number of amides is 3. The molecule has 6 aromatic rings. The number of aliphatic hydroxyl groups is 2. The number of carboxylic acid groups (broad SMARTS) is 1. The molecule has 6 rings (SSSR count). The Balaban J connectivity index is 0.000000362. The van der Waals surface area contributed by atoms with Gasteiger partial charge in [-0.1, -0.05) is 60.7 Å². The summed E-state index contributed by atoms with van der Waals surface area (Å²) in [6.07, 6.45) is 1.58. The number of pyridine rings is 2. The van der Waals surface area contributed by atoms with E-state index in [-0.39, 0.29) is 75.7 Å². The molecule has 65 heavy (non-hydrogen) atoms. The number of ether oxygens (including phenoxy) is 4. The van der Waals surface area contributed by atoms with Gasteiger partial charge < -0.3 is 60.7 Å². The number of esters is 2. The Bertz CT molecular complexity index is 2480. The fraction of sp³-hybridized carbons (Fsp3) is 0.238. The number of carboxylic acids is 1. The average molecular weight is 947 g/mol. The van der Waals surface area contributed by atoms with Crippen LogP contribution in [0.5, 0.6) is 0 Å². The number of nitrogens with zero attached hydrogens (tertiary/aromatic N) is 2. The van der Waals surface area contributed by atoms with Gasteiger partial charge in [-0.3, -0.25) is 14.8 Å². The molecule has 0 radical (unpaired) electrons. The van der Waals surface area contributed by atoms with Crippen LogP contribution in [0.1, 0.15) is 41.6 Å². The SMILES string of the molecule is COC(=O)[C@@H](CN)NC(=O)OCc1ccccc1.COC(=O)[C@@H](CNC(=O)c1cc2nccc(CO)c2s1)NC(=O)OCc1ccccc1.Cl.O=C([O-])c1cc2nccc(CO)c2s1.[Li+]. The minimum atomic E-state index is -1.21. The number of rotatable bonds is 15. The molecule has 2 atom stereocenters. The van der Waals surface area contributed by atoms with Crippen molar-refractivity contribution in [3.63, 3.8) is 0 Å². The summed E-state index contributed by atoms with van der Waals surface area (Å²) in [4.78, 5) is 78.5. The summed E-state index contributed by atoms with van der Waals surface area (Å²) >= 11 is 2.25. The maximum absolute atomic E-state index is 12.5. The summed E-state index contributed by atoms with van der Waals surface area (Å²) in [5.41, 5.74) is 9.52. The van der Waals surface area contributed by atoms with E-state index in [0.717, 1.165) is 22.5 Å². The summed E-state index contributed by atoms with van der Waals surface area (Å²) in [5.74, 6) is -2.98. The van der Waals surface area contributed by atoms with Crippen LogP contribution in [-0.2, 0) is 55.0 Å². The molecular weight excluding hydrogens is 903 g/mol. The molecule has 340 valence electrons. The summed E-state index contributed by atoms with van der Waals surface area (Å²) in [7, 11) is 2.41. The third kappa shape index (κ3) is 17.1. The molecule has 2 aromatic carbocycles. The first-order valence-electron chi connectivity index (χ1n) is 18.7. The molecule has 0 aliphatic carbocycles. The van der Waals surface area contributed by atoms with Crippen molar-refractivity contribution in [3.05, 3.63) is 129 Å². The number of aromatic carboxylic acids is 1. The van der Waals surface area contributed by atoms with Crippen LogP contribution < -0.4 is 45.7 Å². The molecule has 23 heteroatoms. The Morgan fingerprint density at radius 2 is 1.12 bits per heavy atom. The minimum absolute atomic E-state index is 0. The number of carbonyl (C=O) groups is 6. The van der Waals surface area contributed by atoms with Gasteiger partial charge in [-0.05, 0) is 46.5 Å². The quantitative estimate of drug-likeness (QED) is 0.0448. The molecule has 0 aliphatic rings. The number of aromatic nitrogens is 2. The summed E-state index contributed by atoms with van der Waals surface area (Å²) in [6.45, 7) is -0.361. The molecule has 0 saturated heterocycles. The number of carbonyl (C=O) groups excluding carboxylic acids is 6. The van der Waals surface area contributed by atoms with E-state index in [1.54, 1.807) is 42.7 Å². The number of benzene rings is 2. The third-order valence-electron chi connectivity index (χ3n) is 8.44. The maximum Gasteiger partial charge on any atom is 1.00 e. The first-order chi connectivity index (χ1) is 30.4. The minimum Gasteiger partial charge on any atom is -0.544 e. The zero-order valence-corrected chi connectivity index (χ0v) is 37.7. The van der Waals surface area contributed by atoms with Crippen molar-refractivity contribution < 1.29 is 81.9 Å². The van der Waals surface area contributed by atoms with Gasteiger partial charge in [0.25, 0.3) is 5.91 Å². The maximum atomic E-state index is 12.5. The Hall–Kier alpha value is -6.15. The normalized spacial score (nSPS) is 11.0. The summed E-state index contributed by atoms with van der Waals surface area (Å²) in [5, 5.41) is 36.3. The van der Waals surface area contributed by atoms with Crippen molar-refractivity contribution in [1.82, 2.24) is 25.9 Å². The second kappa shape index (κ2) is 28.6. The second-order valence-corrected chi connectivity index (χ2v) is 14.8. The third-order valence-corrected chi connectivity index (χ3v) is 10.8. The Morgan fingerprint density at radius 3 is 1.55 bits per heavy atom. The monoisotopic (exact) mass is 946 g/mol. The fourth-order valence-corrected chi connectivity index (χ4v) is 7.22. The van der Waals surface area contributed by atoms with Gasteiger partial charge >= 0.3 is 43.0 Å². The van der Waals surface area contributed by atoms with Crippen LogP contribution in [0.3, 0.4) is 0 Å².